The molecule has 1 saturated heterocycles. The van der Waals surface area contributed by atoms with Crippen molar-refractivity contribution in [2.45, 2.75) is 45.3 Å². The molecule has 0 unspecified atom stereocenters. The Morgan fingerprint density at radius 2 is 2.10 bits per heavy atom. The summed E-state index contributed by atoms with van der Waals surface area (Å²) in [6, 6.07) is -0.583. The quantitative estimate of drug-likeness (QED) is 0.778. The molecule has 110 valence electrons. The van der Waals surface area contributed by atoms with Crippen LogP contribution in [-0.4, -0.2) is 44.9 Å². The number of rotatable bonds is 2. The molecule has 2 heterocycles. The molecule has 1 aliphatic heterocycles. The highest BCUT2D eigenvalue weighted by atomic mass is 16.6. The number of imidazole rings is 1. The smallest absolute Gasteiger partial charge is 0.329 e. The summed E-state index contributed by atoms with van der Waals surface area (Å²) in [6.45, 7) is 5.84. The Hall–Kier alpha value is -2.05. The van der Waals surface area contributed by atoms with E-state index in [1.165, 1.54) is 11.1 Å². The van der Waals surface area contributed by atoms with Crippen LogP contribution in [0.4, 0.5) is 0 Å². The second kappa shape index (κ2) is 5.15. The van der Waals surface area contributed by atoms with Crippen molar-refractivity contribution in [3.05, 3.63) is 22.4 Å². The van der Waals surface area contributed by atoms with Crippen molar-refractivity contribution in [2.24, 2.45) is 0 Å². The highest BCUT2D eigenvalue weighted by Gasteiger charge is 2.37. The Balaban J connectivity index is 2.13. The summed E-state index contributed by atoms with van der Waals surface area (Å²) in [4.78, 5) is 41.7. The molecular formula is C13H19N3O4. The second-order valence-electron chi connectivity index (χ2n) is 5.85. The van der Waals surface area contributed by atoms with Gasteiger partial charge in [0.1, 0.15) is 17.3 Å². The number of hydrogen-bond donors (Lipinski definition) is 2. The average molecular weight is 281 g/mol. The number of H-pyrrole nitrogens is 2. The summed E-state index contributed by atoms with van der Waals surface area (Å²) in [5.74, 6) is -0.766. The van der Waals surface area contributed by atoms with Crippen LogP contribution in [0.15, 0.2) is 11.0 Å². The number of amides is 1. The van der Waals surface area contributed by atoms with Crippen molar-refractivity contribution in [3.63, 3.8) is 0 Å². The van der Waals surface area contributed by atoms with E-state index in [1.807, 2.05) is 0 Å². The van der Waals surface area contributed by atoms with Crippen LogP contribution in [0.3, 0.4) is 0 Å². The maximum absolute atomic E-state index is 12.3. The fraction of sp³-hybridized carbons (Fsp3) is 0.615. The van der Waals surface area contributed by atoms with Gasteiger partial charge >= 0.3 is 11.7 Å². The number of aromatic nitrogens is 2. The van der Waals surface area contributed by atoms with Crippen molar-refractivity contribution in [1.29, 1.82) is 0 Å². The molecule has 20 heavy (non-hydrogen) atoms. The van der Waals surface area contributed by atoms with Gasteiger partial charge in [0.2, 0.25) is 0 Å². The first-order valence-corrected chi connectivity index (χ1v) is 6.59. The molecule has 0 radical (unpaired) electrons. The molecule has 2 N–H and O–H groups in total. The summed E-state index contributed by atoms with van der Waals surface area (Å²) >= 11 is 0. The van der Waals surface area contributed by atoms with E-state index < -0.39 is 23.3 Å². The van der Waals surface area contributed by atoms with Crippen molar-refractivity contribution in [1.82, 2.24) is 14.9 Å². The molecule has 0 aliphatic carbocycles. The number of nitrogens with zero attached hydrogens (tertiary/aromatic N) is 1. The zero-order valence-electron chi connectivity index (χ0n) is 11.9. The Labute approximate surface area is 116 Å². The number of ether oxygens (including phenoxy) is 1. The fourth-order valence-corrected chi connectivity index (χ4v) is 2.23. The molecule has 1 atom stereocenters. The van der Waals surface area contributed by atoms with Crippen LogP contribution in [0.25, 0.3) is 0 Å². The lowest BCUT2D eigenvalue weighted by molar-refractivity contribution is -0.159. The first-order chi connectivity index (χ1) is 9.28. The number of carbonyl (C=O) groups is 2. The van der Waals surface area contributed by atoms with E-state index in [-0.39, 0.29) is 11.6 Å². The SMILES string of the molecule is CC(C)(C)OC(=O)[C@@H]1CCCN1C(=O)c1c[nH]c(=O)[nH]1. The van der Waals surface area contributed by atoms with Crippen LogP contribution in [0.5, 0.6) is 0 Å². The molecule has 0 saturated carbocycles. The van der Waals surface area contributed by atoms with Gasteiger partial charge in [0.05, 0.1) is 0 Å². The van der Waals surface area contributed by atoms with E-state index in [1.54, 1.807) is 20.8 Å². The summed E-state index contributed by atoms with van der Waals surface area (Å²) in [5, 5.41) is 0. The number of hydrogen-bond acceptors (Lipinski definition) is 4. The minimum Gasteiger partial charge on any atom is -0.458 e. The van der Waals surface area contributed by atoms with Crippen LogP contribution in [-0.2, 0) is 9.53 Å². The van der Waals surface area contributed by atoms with Crippen LogP contribution < -0.4 is 5.69 Å². The van der Waals surface area contributed by atoms with Gasteiger partial charge in [-0.2, -0.15) is 0 Å². The van der Waals surface area contributed by atoms with Gasteiger partial charge in [0.15, 0.2) is 0 Å². The van der Waals surface area contributed by atoms with Crippen molar-refractivity contribution in [3.8, 4) is 0 Å². The molecule has 1 aliphatic rings. The van der Waals surface area contributed by atoms with E-state index in [0.29, 0.717) is 13.0 Å². The zero-order chi connectivity index (χ0) is 14.9. The second-order valence-corrected chi connectivity index (χ2v) is 5.85. The van der Waals surface area contributed by atoms with Gasteiger partial charge in [-0.05, 0) is 33.6 Å². The minimum absolute atomic E-state index is 0.158. The van der Waals surface area contributed by atoms with Gasteiger partial charge in [-0.25, -0.2) is 9.59 Å². The number of carbonyl (C=O) groups excluding carboxylic acids is 2. The van der Waals surface area contributed by atoms with Crippen molar-refractivity contribution in [2.75, 3.05) is 6.54 Å². The van der Waals surface area contributed by atoms with Gasteiger partial charge in [-0.15, -0.1) is 0 Å². The number of likely N-dealkylation sites (tertiary alicyclic amines) is 1. The normalized spacial score (nSPS) is 19.1. The maximum Gasteiger partial charge on any atom is 0.329 e. The topological polar surface area (TPSA) is 95.3 Å². The van der Waals surface area contributed by atoms with E-state index in [0.717, 1.165) is 6.42 Å². The van der Waals surface area contributed by atoms with Crippen LogP contribution >= 0.6 is 0 Å². The highest BCUT2D eigenvalue weighted by molar-refractivity contribution is 5.95. The largest absolute Gasteiger partial charge is 0.458 e. The molecule has 1 fully saturated rings. The third-order valence-corrected chi connectivity index (χ3v) is 3.02. The number of esters is 1. The molecule has 1 amide bonds. The zero-order valence-corrected chi connectivity index (χ0v) is 11.9. The fourth-order valence-electron chi connectivity index (χ4n) is 2.23. The van der Waals surface area contributed by atoms with Crippen molar-refractivity contribution >= 4 is 11.9 Å². The van der Waals surface area contributed by atoms with Crippen LogP contribution in [0.2, 0.25) is 0 Å². The van der Waals surface area contributed by atoms with E-state index in [9.17, 15) is 14.4 Å². The lowest BCUT2D eigenvalue weighted by atomic mass is 10.1. The summed E-state index contributed by atoms with van der Waals surface area (Å²) in [6.07, 6.45) is 2.63. The molecule has 1 aromatic rings. The summed E-state index contributed by atoms with van der Waals surface area (Å²) < 4.78 is 5.33. The van der Waals surface area contributed by atoms with E-state index in [2.05, 4.69) is 9.97 Å². The van der Waals surface area contributed by atoms with Crippen molar-refractivity contribution < 1.29 is 14.3 Å². The first kappa shape index (κ1) is 14.4. The predicted molar refractivity (Wildman–Crippen MR) is 71.3 cm³/mol. The maximum atomic E-state index is 12.3. The Morgan fingerprint density at radius 1 is 1.40 bits per heavy atom. The number of aromatic amines is 2. The third-order valence-electron chi connectivity index (χ3n) is 3.02. The Bertz CT molecular complexity index is 567. The van der Waals surface area contributed by atoms with Gasteiger partial charge < -0.3 is 19.6 Å². The molecule has 0 aromatic carbocycles. The van der Waals surface area contributed by atoms with Gasteiger partial charge in [-0.1, -0.05) is 0 Å². The average Bonchev–Trinajstić information content (AvgIpc) is 2.93. The monoisotopic (exact) mass is 281 g/mol. The van der Waals surface area contributed by atoms with E-state index in [4.69, 9.17) is 4.74 Å². The molecule has 0 spiro atoms. The van der Waals surface area contributed by atoms with Gasteiger partial charge in [0.25, 0.3) is 5.91 Å². The summed E-state index contributed by atoms with van der Waals surface area (Å²) in [7, 11) is 0. The Morgan fingerprint density at radius 3 is 2.65 bits per heavy atom. The van der Waals surface area contributed by atoms with Gasteiger partial charge in [0, 0.05) is 12.7 Å². The lowest BCUT2D eigenvalue weighted by Crippen LogP contribution is -2.43. The van der Waals surface area contributed by atoms with Crippen LogP contribution in [0.1, 0.15) is 44.1 Å². The molecule has 1 aromatic heterocycles. The predicted octanol–water partition coefficient (Wildman–Crippen LogP) is 0.649. The van der Waals surface area contributed by atoms with Crippen LogP contribution in [0, 0.1) is 0 Å². The van der Waals surface area contributed by atoms with E-state index >= 15 is 0 Å². The molecular weight excluding hydrogens is 262 g/mol. The highest BCUT2D eigenvalue weighted by Crippen LogP contribution is 2.22. The minimum atomic E-state index is -0.587. The van der Waals surface area contributed by atoms with Gasteiger partial charge in [-0.3, -0.25) is 4.79 Å². The third kappa shape index (κ3) is 3.09. The Kier molecular flexibility index (Phi) is 3.69. The molecule has 2 rings (SSSR count). The molecule has 7 heteroatoms. The lowest BCUT2D eigenvalue weighted by Gasteiger charge is -2.27. The molecule has 7 nitrogen and oxygen atoms in total. The summed E-state index contributed by atoms with van der Waals surface area (Å²) in [5.41, 5.74) is -0.872. The molecule has 0 bridgehead atoms. The number of nitrogens with one attached hydrogen (secondary N) is 2. The first-order valence-electron chi connectivity index (χ1n) is 6.59. The standard InChI is InChI=1S/C13H19N3O4/c1-13(2,3)20-11(18)9-5-4-6-16(9)10(17)8-7-14-12(19)15-8/h7,9H,4-6H2,1-3H3,(H2,14,15,19)/t9-/m0/s1.